The van der Waals surface area contributed by atoms with Gasteiger partial charge in [-0.1, -0.05) is 38.1 Å². The first-order valence-corrected chi connectivity index (χ1v) is 9.48. The maximum absolute atomic E-state index is 12.3. The predicted molar refractivity (Wildman–Crippen MR) is 106 cm³/mol. The smallest absolute Gasteiger partial charge is 0.262 e. The van der Waals surface area contributed by atoms with Crippen molar-refractivity contribution in [2.75, 3.05) is 25.1 Å². The van der Waals surface area contributed by atoms with Crippen molar-refractivity contribution in [1.29, 1.82) is 0 Å². The molecule has 5 nitrogen and oxygen atoms in total. The van der Waals surface area contributed by atoms with Gasteiger partial charge < -0.3 is 19.5 Å². The van der Waals surface area contributed by atoms with Crippen LogP contribution in [0, 0.1) is 0 Å². The molecule has 0 unspecified atom stereocenters. The van der Waals surface area contributed by atoms with E-state index in [0.717, 1.165) is 19.4 Å². The molecule has 1 aliphatic heterocycles. The average Bonchev–Trinajstić information content (AvgIpc) is 3.19. The average molecular weight is 369 g/mol. The lowest BCUT2D eigenvalue weighted by Crippen LogP contribution is -2.21. The molecule has 1 amide bonds. The molecule has 0 aliphatic carbocycles. The summed E-state index contributed by atoms with van der Waals surface area (Å²) in [7, 11) is 0. The van der Waals surface area contributed by atoms with Gasteiger partial charge in [-0.2, -0.15) is 0 Å². The Bertz CT molecular complexity index is 736. The van der Waals surface area contributed by atoms with Crippen molar-refractivity contribution >= 4 is 11.6 Å². The highest BCUT2D eigenvalue weighted by Gasteiger charge is 2.17. The first-order valence-electron chi connectivity index (χ1n) is 9.48. The van der Waals surface area contributed by atoms with Crippen LogP contribution in [0.4, 0.5) is 5.69 Å². The number of nitrogens with one attached hydrogen (secondary N) is 1. The van der Waals surface area contributed by atoms with Gasteiger partial charge in [0.05, 0.1) is 11.8 Å². The summed E-state index contributed by atoms with van der Waals surface area (Å²) in [4.78, 5) is 12.3. The van der Waals surface area contributed by atoms with Gasteiger partial charge in [0.2, 0.25) is 0 Å². The number of carbonyl (C=O) groups excluding carboxylic acids is 1. The first-order chi connectivity index (χ1) is 13.1. The molecule has 144 valence electrons. The molecule has 3 rings (SSSR count). The quantitative estimate of drug-likeness (QED) is 0.750. The van der Waals surface area contributed by atoms with Crippen molar-refractivity contribution in [3.63, 3.8) is 0 Å². The van der Waals surface area contributed by atoms with Crippen LogP contribution in [0.5, 0.6) is 11.5 Å². The zero-order valence-corrected chi connectivity index (χ0v) is 15.9. The summed E-state index contributed by atoms with van der Waals surface area (Å²) in [6.07, 6.45) is 2.21. The van der Waals surface area contributed by atoms with Gasteiger partial charge in [-0.15, -0.1) is 0 Å². The molecule has 2 aromatic rings. The third-order valence-electron chi connectivity index (χ3n) is 4.53. The number of rotatable bonds is 8. The van der Waals surface area contributed by atoms with Crippen molar-refractivity contribution in [3.05, 3.63) is 54.1 Å². The van der Waals surface area contributed by atoms with E-state index in [4.69, 9.17) is 14.2 Å². The Balaban J connectivity index is 1.51. The number of hydrogen-bond donors (Lipinski definition) is 1. The summed E-state index contributed by atoms with van der Waals surface area (Å²) in [6.45, 7) is 5.51. The molecule has 1 heterocycles. The third-order valence-corrected chi connectivity index (χ3v) is 4.53. The number of benzene rings is 2. The SMILES string of the molecule is CC(C)c1ccc(OCC(=O)Nc2ccccc2OC[C@H]2CCCO2)cc1. The van der Waals surface area contributed by atoms with E-state index < -0.39 is 0 Å². The molecule has 2 aromatic carbocycles. The van der Waals surface area contributed by atoms with E-state index in [1.54, 1.807) is 0 Å². The summed E-state index contributed by atoms with van der Waals surface area (Å²) in [5, 5.41) is 2.86. The van der Waals surface area contributed by atoms with Crippen LogP contribution in [0.15, 0.2) is 48.5 Å². The number of amides is 1. The maximum atomic E-state index is 12.3. The van der Waals surface area contributed by atoms with Crippen molar-refractivity contribution < 1.29 is 19.0 Å². The lowest BCUT2D eigenvalue weighted by molar-refractivity contribution is -0.118. The highest BCUT2D eigenvalue weighted by Crippen LogP contribution is 2.25. The van der Waals surface area contributed by atoms with Crippen molar-refractivity contribution in [1.82, 2.24) is 0 Å². The van der Waals surface area contributed by atoms with Gasteiger partial charge in [-0.05, 0) is 48.6 Å². The summed E-state index contributed by atoms with van der Waals surface area (Å²) < 4.78 is 17.0. The van der Waals surface area contributed by atoms with Gasteiger partial charge >= 0.3 is 0 Å². The number of ether oxygens (including phenoxy) is 3. The number of carbonyl (C=O) groups is 1. The van der Waals surface area contributed by atoms with Crippen LogP contribution in [0.25, 0.3) is 0 Å². The Labute approximate surface area is 160 Å². The molecule has 0 spiro atoms. The minimum Gasteiger partial charge on any atom is -0.489 e. The fraction of sp³-hybridized carbons (Fsp3) is 0.409. The molecular weight excluding hydrogens is 342 g/mol. The molecule has 0 radical (unpaired) electrons. The maximum Gasteiger partial charge on any atom is 0.262 e. The molecule has 1 saturated heterocycles. The van der Waals surface area contributed by atoms with E-state index in [9.17, 15) is 4.79 Å². The Morgan fingerprint density at radius 2 is 1.93 bits per heavy atom. The molecule has 27 heavy (non-hydrogen) atoms. The number of para-hydroxylation sites is 2. The van der Waals surface area contributed by atoms with Gasteiger partial charge in [-0.3, -0.25) is 4.79 Å². The second-order valence-electron chi connectivity index (χ2n) is 7.00. The summed E-state index contributed by atoms with van der Waals surface area (Å²) in [5.74, 6) is 1.56. The monoisotopic (exact) mass is 369 g/mol. The second-order valence-corrected chi connectivity index (χ2v) is 7.00. The summed E-state index contributed by atoms with van der Waals surface area (Å²) in [6, 6.07) is 15.2. The standard InChI is InChI=1S/C22H27NO4/c1-16(2)17-9-11-18(12-10-17)26-15-22(24)23-20-7-3-4-8-21(20)27-14-19-6-5-13-25-19/h3-4,7-12,16,19H,5-6,13-15H2,1-2H3,(H,23,24)/t19-/m1/s1. The van der Waals surface area contributed by atoms with E-state index >= 15 is 0 Å². The van der Waals surface area contributed by atoms with Crippen molar-refractivity contribution in [2.45, 2.75) is 38.7 Å². The molecule has 1 aliphatic rings. The highest BCUT2D eigenvalue weighted by molar-refractivity contribution is 5.93. The predicted octanol–water partition coefficient (Wildman–Crippen LogP) is 4.39. The third kappa shape index (κ3) is 5.73. The van der Waals surface area contributed by atoms with Crippen LogP contribution in [0.3, 0.4) is 0 Å². The van der Waals surface area contributed by atoms with Crippen LogP contribution >= 0.6 is 0 Å². The van der Waals surface area contributed by atoms with E-state index in [1.165, 1.54) is 5.56 Å². The molecule has 1 fully saturated rings. The van der Waals surface area contributed by atoms with E-state index in [-0.39, 0.29) is 18.6 Å². The van der Waals surface area contributed by atoms with Gasteiger partial charge in [0, 0.05) is 6.61 Å². The summed E-state index contributed by atoms with van der Waals surface area (Å²) in [5.41, 5.74) is 1.88. The zero-order valence-electron chi connectivity index (χ0n) is 15.9. The fourth-order valence-corrected chi connectivity index (χ4v) is 2.94. The van der Waals surface area contributed by atoms with Gasteiger partial charge in [0.15, 0.2) is 6.61 Å². The van der Waals surface area contributed by atoms with Crippen molar-refractivity contribution in [2.24, 2.45) is 0 Å². The van der Waals surface area contributed by atoms with E-state index in [2.05, 4.69) is 19.2 Å². The molecule has 1 atom stereocenters. The number of anilines is 1. The molecule has 0 bridgehead atoms. The van der Waals surface area contributed by atoms with Crippen LogP contribution in [-0.4, -0.2) is 31.8 Å². The highest BCUT2D eigenvalue weighted by atomic mass is 16.5. The molecule has 1 N–H and O–H groups in total. The van der Waals surface area contributed by atoms with Crippen LogP contribution in [-0.2, 0) is 9.53 Å². The lowest BCUT2D eigenvalue weighted by atomic mass is 10.0. The Morgan fingerprint density at radius 3 is 2.63 bits per heavy atom. The molecular formula is C22H27NO4. The Morgan fingerprint density at radius 1 is 1.15 bits per heavy atom. The Kier molecular flexibility index (Phi) is 6.71. The fourth-order valence-electron chi connectivity index (χ4n) is 2.94. The summed E-state index contributed by atoms with van der Waals surface area (Å²) >= 11 is 0. The van der Waals surface area contributed by atoms with Crippen LogP contribution < -0.4 is 14.8 Å². The van der Waals surface area contributed by atoms with Crippen molar-refractivity contribution in [3.8, 4) is 11.5 Å². The topological polar surface area (TPSA) is 56.8 Å². The Hall–Kier alpha value is -2.53. The normalized spacial score (nSPS) is 16.3. The minimum atomic E-state index is -0.226. The van der Waals surface area contributed by atoms with Gasteiger partial charge in [-0.25, -0.2) is 0 Å². The molecule has 5 heteroatoms. The second kappa shape index (κ2) is 9.42. The molecule has 0 aromatic heterocycles. The lowest BCUT2D eigenvalue weighted by Gasteiger charge is -2.15. The van der Waals surface area contributed by atoms with Crippen LogP contribution in [0.1, 0.15) is 38.2 Å². The first kappa shape index (κ1) is 19.2. The largest absolute Gasteiger partial charge is 0.489 e. The van der Waals surface area contributed by atoms with Gasteiger partial charge in [0.1, 0.15) is 18.1 Å². The van der Waals surface area contributed by atoms with Gasteiger partial charge in [0.25, 0.3) is 5.91 Å². The number of hydrogen-bond acceptors (Lipinski definition) is 4. The minimum absolute atomic E-state index is 0.0545. The van der Waals surface area contributed by atoms with E-state index in [1.807, 2.05) is 48.5 Å². The van der Waals surface area contributed by atoms with E-state index in [0.29, 0.717) is 29.7 Å². The van der Waals surface area contributed by atoms with Crippen LogP contribution in [0.2, 0.25) is 0 Å². The molecule has 0 saturated carbocycles. The zero-order chi connectivity index (χ0) is 19.1.